The first-order valence-electron chi connectivity index (χ1n) is 5.86. The van der Waals surface area contributed by atoms with Crippen LogP contribution in [0.15, 0.2) is 48.5 Å². The van der Waals surface area contributed by atoms with Gasteiger partial charge in [0.15, 0.2) is 0 Å². The molecule has 0 radical (unpaired) electrons. The third-order valence-corrected chi connectivity index (χ3v) is 2.71. The van der Waals surface area contributed by atoms with Gasteiger partial charge >= 0.3 is 0 Å². The Bertz CT molecular complexity index is 496. The first kappa shape index (κ1) is 12.6. The maximum absolute atomic E-state index is 12.7. The zero-order valence-electron chi connectivity index (χ0n) is 10.3. The third-order valence-electron chi connectivity index (χ3n) is 2.71. The van der Waals surface area contributed by atoms with Crippen LogP contribution < -0.4 is 10.1 Å². The van der Waals surface area contributed by atoms with Crippen molar-refractivity contribution < 1.29 is 9.13 Å². The van der Waals surface area contributed by atoms with Crippen molar-refractivity contribution in [3.63, 3.8) is 0 Å². The van der Waals surface area contributed by atoms with Crippen molar-refractivity contribution in [2.24, 2.45) is 0 Å². The second-order valence-corrected chi connectivity index (χ2v) is 4.08. The fourth-order valence-corrected chi connectivity index (χ4v) is 1.74. The third kappa shape index (κ3) is 3.57. The Labute approximate surface area is 106 Å². The second kappa shape index (κ2) is 6.17. The van der Waals surface area contributed by atoms with Crippen LogP contribution in [0.4, 0.5) is 4.39 Å². The summed E-state index contributed by atoms with van der Waals surface area (Å²) in [5, 5.41) is 3.31. The van der Waals surface area contributed by atoms with Gasteiger partial charge in [0.25, 0.3) is 0 Å². The van der Waals surface area contributed by atoms with Crippen LogP contribution in [0, 0.1) is 5.82 Å². The molecule has 2 aromatic rings. The van der Waals surface area contributed by atoms with Crippen LogP contribution in [0.5, 0.6) is 5.75 Å². The van der Waals surface area contributed by atoms with Crippen molar-refractivity contribution >= 4 is 0 Å². The summed E-state index contributed by atoms with van der Waals surface area (Å²) in [6.45, 7) is 1.48. The molecule has 94 valence electrons. The largest absolute Gasteiger partial charge is 0.497 e. The van der Waals surface area contributed by atoms with Gasteiger partial charge in [-0.05, 0) is 35.4 Å². The van der Waals surface area contributed by atoms with Crippen LogP contribution in [0.2, 0.25) is 0 Å². The Hall–Kier alpha value is -1.87. The molecule has 2 rings (SSSR count). The van der Waals surface area contributed by atoms with Gasteiger partial charge < -0.3 is 10.1 Å². The molecule has 1 N–H and O–H groups in total. The maximum atomic E-state index is 12.7. The second-order valence-electron chi connectivity index (χ2n) is 4.08. The Morgan fingerprint density at radius 3 is 2.44 bits per heavy atom. The Morgan fingerprint density at radius 1 is 1.00 bits per heavy atom. The summed E-state index contributed by atoms with van der Waals surface area (Å²) in [5.41, 5.74) is 2.23. The summed E-state index contributed by atoms with van der Waals surface area (Å²) in [6.07, 6.45) is 0. The Morgan fingerprint density at radius 2 is 1.72 bits per heavy atom. The Balaban J connectivity index is 1.86. The number of rotatable bonds is 5. The number of ether oxygens (including phenoxy) is 1. The van der Waals surface area contributed by atoms with Crippen molar-refractivity contribution in [3.8, 4) is 5.75 Å². The van der Waals surface area contributed by atoms with E-state index in [-0.39, 0.29) is 5.82 Å². The molecule has 0 unspecified atom stereocenters. The summed E-state index contributed by atoms with van der Waals surface area (Å²) >= 11 is 0. The summed E-state index contributed by atoms with van der Waals surface area (Å²) in [7, 11) is 1.66. The minimum Gasteiger partial charge on any atom is -0.497 e. The summed E-state index contributed by atoms with van der Waals surface area (Å²) in [5.74, 6) is 0.655. The monoisotopic (exact) mass is 245 g/mol. The molecule has 0 saturated heterocycles. The van der Waals surface area contributed by atoms with Crippen molar-refractivity contribution in [3.05, 3.63) is 65.5 Å². The van der Waals surface area contributed by atoms with E-state index < -0.39 is 0 Å². The molecule has 0 saturated carbocycles. The lowest BCUT2D eigenvalue weighted by Gasteiger charge is -2.06. The van der Waals surface area contributed by atoms with Gasteiger partial charge in [0.2, 0.25) is 0 Å². The van der Waals surface area contributed by atoms with Crippen LogP contribution in [-0.4, -0.2) is 7.11 Å². The number of halogens is 1. The van der Waals surface area contributed by atoms with Crippen molar-refractivity contribution in [2.45, 2.75) is 13.1 Å². The molecule has 18 heavy (non-hydrogen) atoms. The van der Waals surface area contributed by atoms with Crippen molar-refractivity contribution in [1.29, 1.82) is 0 Å². The van der Waals surface area contributed by atoms with E-state index in [9.17, 15) is 4.39 Å². The molecule has 2 aromatic carbocycles. The SMILES string of the molecule is COc1cccc(CNCc2ccc(F)cc2)c1. The molecule has 0 amide bonds. The van der Waals surface area contributed by atoms with Gasteiger partial charge in [0.1, 0.15) is 11.6 Å². The molecule has 0 atom stereocenters. The van der Waals surface area contributed by atoms with Gasteiger partial charge in [0, 0.05) is 13.1 Å². The molecular weight excluding hydrogens is 229 g/mol. The lowest BCUT2D eigenvalue weighted by molar-refractivity contribution is 0.414. The van der Waals surface area contributed by atoms with Gasteiger partial charge in [-0.15, -0.1) is 0 Å². The summed E-state index contributed by atoms with van der Waals surface area (Å²) in [4.78, 5) is 0. The normalized spacial score (nSPS) is 10.3. The summed E-state index contributed by atoms with van der Waals surface area (Å²) in [6, 6.07) is 14.4. The fourth-order valence-electron chi connectivity index (χ4n) is 1.74. The smallest absolute Gasteiger partial charge is 0.123 e. The summed E-state index contributed by atoms with van der Waals surface area (Å²) < 4.78 is 17.9. The Kier molecular flexibility index (Phi) is 4.31. The molecule has 0 fully saturated rings. The lowest BCUT2D eigenvalue weighted by Crippen LogP contribution is -2.12. The van der Waals surface area contributed by atoms with E-state index in [2.05, 4.69) is 5.32 Å². The highest BCUT2D eigenvalue weighted by molar-refractivity contribution is 5.28. The predicted molar refractivity (Wildman–Crippen MR) is 69.9 cm³/mol. The molecule has 0 heterocycles. The molecule has 3 heteroatoms. The average molecular weight is 245 g/mol. The van der Waals surface area contributed by atoms with Crippen LogP contribution in [0.1, 0.15) is 11.1 Å². The van der Waals surface area contributed by atoms with Gasteiger partial charge in [0.05, 0.1) is 7.11 Å². The topological polar surface area (TPSA) is 21.3 Å². The minimum atomic E-state index is -0.202. The highest BCUT2D eigenvalue weighted by Crippen LogP contribution is 2.12. The van der Waals surface area contributed by atoms with Crippen LogP contribution >= 0.6 is 0 Å². The van der Waals surface area contributed by atoms with Crippen molar-refractivity contribution in [2.75, 3.05) is 7.11 Å². The average Bonchev–Trinajstić information content (AvgIpc) is 2.41. The predicted octanol–water partition coefficient (Wildman–Crippen LogP) is 3.12. The quantitative estimate of drug-likeness (QED) is 0.873. The number of benzene rings is 2. The maximum Gasteiger partial charge on any atom is 0.123 e. The zero-order chi connectivity index (χ0) is 12.8. The number of hydrogen-bond acceptors (Lipinski definition) is 2. The van der Waals surface area contributed by atoms with E-state index in [0.717, 1.165) is 30.0 Å². The van der Waals surface area contributed by atoms with E-state index in [1.807, 2.05) is 24.3 Å². The molecule has 0 aromatic heterocycles. The number of methoxy groups -OCH3 is 1. The lowest BCUT2D eigenvalue weighted by atomic mass is 10.2. The van der Waals surface area contributed by atoms with E-state index in [0.29, 0.717) is 0 Å². The highest BCUT2D eigenvalue weighted by Gasteiger charge is 1.97. The van der Waals surface area contributed by atoms with Crippen LogP contribution in [-0.2, 0) is 13.1 Å². The van der Waals surface area contributed by atoms with E-state index in [1.165, 1.54) is 12.1 Å². The molecule has 0 aliphatic carbocycles. The van der Waals surface area contributed by atoms with Gasteiger partial charge in [-0.25, -0.2) is 4.39 Å². The minimum absolute atomic E-state index is 0.202. The van der Waals surface area contributed by atoms with E-state index >= 15 is 0 Å². The highest BCUT2D eigenvalue weighted by atomic mass is 19.1. The molecule has 0 spiro atoms. The molecule has 0 bridgehead atoms. The molecule has 2 nitrogen and oxygen atoms in total. The van der Waals surface area contributed by atoms with Crippen molar-refractivity contribution in [1.82, 2.24) is 5.32 Å². The molecule has 0 aliphatic heterocycles. The van der Waals surface area contributed by atoms with Crippen LogP contribution in [0.25, 0.3) is 0 Å². The van der Waals surface area contributed by atoms with E-state index in [1.54, 1.807) is 19.2 Å². The number of hydrogen-bond donors (Lipinski definition) is 1. The molecular formula is C15H16FNO. The standard InChI is InChI=1S/C15H16FNO/c1-18-15-4-2-3-13(9-15)11-17-10-12-5-7-14(16)8-6-12/h2-9,17H,10-11H2,1H3. The van der Waals surface area contributed by atoms with Crippen LogP contribution in [0.3, 0.4) is 0 Å². The number of nitrogens with one attached hydrogen (secondary N) is 1. The van der Waals surface area contributed by atoms with Gasteiger partial charge in [-0.1, -0.05) is 24.3 Å². The van der Waals surface area contributed by atoms with E-state index in [4.69, 9.17) is 4.74 Å². The zero-order valence-corrected chi connectivity index (χ0v) is 10.3. The molecule has 0 aliphatic rings. The first-order chi connectivity index (χ1) is 8.78. The van der Waals surface area contributed by atoms with Gasteiger partial charge in [-0.3, -0.25) is 0 Å². The van der Waals surface area contributed by atoms with Gasteiger partial charge in [-0.2, -0.15) is 0 Å². The first-order valence-corrected chi connectivity index (χ1v) is 5.86. The fraction of sp³-hybridized carbons (Fsp3) is 0.200.